The zero-order valence-corrected chi connectivity index (χ0v) is 15.9. The summed E-state index contributed by atoms with van der Waals surface area (Å²) in [4.78, 5) is 14.1. The van der Waals surface area contributed by atoms with Crippen LogP contribution in [0.1, 0.15) is 52.4 Å². The van der Waals surface area contributed by atoms with E-state index < -0.39 is 0 Å². The minimum Gasteiger partial charge on any atom is -0.356 e. The molecular weight excluding hydrogens is 314 g/mol. The average molecular weight is 348 g/mol. The van der Waals surface area contributed by atoms with Gasteiger partial charge in [0.15, 0.2) is 0 Å². The van der Waals surface area contributed by atoms with E-state index in [0.717, 1.165) is 38.5 Å². The van der Waals surface area contributed by atoms with E-state index in [1.165, 1.54) is 42.9 Å². The normalized spacial score (nSPS) is 16.0. The zero-order chi connectivity index (χ0) is 16.2. The van der Waals surface area contributed by atoms with Gasteiger partial charge in [0.05, 0.1) is 11.8 Å². The summed E-state index contributed by atoms with van der Waals surface area (Å²) in [5.74, 6) is 1.36. The smallest absolute Gasteiger partial charge is 0.225 e. The molecule has 1 amide bonds. The fourth-order valence-corrected chi connectivity index (χ4v) is 3.49. The summed E-state index contributed by atoms with van der Waals surface area (Å²) in [6.45, 7) is 8.14. The standard InChI is InChI=1S/C16H33N3OS2/c1-14(2)17-9-7-5-3-4-6-8-10-18-16(20)15-11-19(12-15)13-22-21/h14-15,17,21H,3-13H2,1-2H3,(H,18,20). The Morgan fingerprint density at radius 2 is 1.73 bits per heavy atom. The van der Waals surface area contributed by atoms with Gasteiger partial charge in [-0.1, -0.05) is 50.3 Å². The fraction of sp³-hybridized carbons (Fsp3) is 0.938. The Morgan fingerprint density at radius 3 is 2.32 bits per heavy atom. The van der Waals surface area contributed by atoms with E-state index in [-0.39, 0.29) is 11.8 Å². The third-order valence-electron chi connectivity index (χ3n) is 4.02. The van der Waals surface area contributed by atoms with E-state index in [9.17, 15) is 4.79 Å². The first kappa shape index (κ1) is 20.1. The molecule has 4 nitrogen and oxygen atoms in total. The molecule has 1 aliphatic heterocycles. The summed E-state index contributed by atoms with van der Waals surface area (Å²) in [5.41, 5.74) is 0. The van der Waals surface area contributed by atoms with E-state index in [4.69, 9.17) is 0 Å². The Labute approximate surface area is 145 Å². The number of hydrogen-bond donors (Lipinski definition) is 3. The topological polar surface area (TPSA) is 44.4 Å². The molecule has 6 heteroatoms. The molecule has 0 spiro atoms. The van der Waals surface area contributed by atoms with Crippen LogP contribution < -0.4 is 10.6 Å². The molecule has 1 aliphatic rings. The van der Waals surface area contributed by atoms with Crippen LogP contribution in [0.5, 0.6) is 0 Å². The van der Waals surface area contributed by atoms with Gasteiger partial charge in [0.1, 0.15) is 0 Å². The lowest BCUT2D eigenvalue weighted by Gasteiger charge is -2.37. The molecule has 0 atom stereocenters. The number of carbonyl (C=O) groups excluding carboxylic acids is 1. The van der Waals surface area contributed by atoms with Crippen LogP contribution >= 0.6 is 22.5 Å². The molecule has 130 valence electrons. The van der Waals surface area contributed by atoms with Crippen LogP contribution in [0.25, 0.3) is 0 Å². The van der Waals surface area contributed by atoms with Gasteiger partial charge in [-0.05, 0) is 19.4 Å². The van der Waals surface area contributed by atoms with Crippen molar-refractivity contribution in [2.24, 2.45) is 5.92 Å². The summed E-state index contributed by atoms with van der Waals surface area (Å²) in [6.07, 6.45) is 7.52. The van der Waals surface area contributed by atoms with Gasteiger partial charge in [-0.25, -0.2) is 0 Å². The maximum atomic E-state index is 11.9. The number of unbranched alkanes of at least 4 members (excludes halogenated alkanes) is 5. The first-order valence-corrected chi connectivity index (χ1v) is 10.7. The van der Waals surface area contributed by atoms with Gasteiger partial charge in [0, 0.05) is 25.7 Å². The lowest BCUT2D eigenvalue weighted by atomic mass is 10.0. The van der Waals surface area contributed by atoms with Crippen molar-refractivity contribution >= 4 is 28.4 Å². The Bertz CT molecular complexity index is 297. The lowest BCUT2D eigenvalue weighted by molar-refractivity contribution is -0.129. The van der Waals surface area contributed by atoms with Gasteiger partial charge >= 0.3 is 0 Å². The highest BCUT2D eigenvalue weighted by Crippen LogP contribution is 2.19. The second-order valence-electron chi connectivity index (χ2n) is 6.51. The van der Waals surface area contributed by atoms with Gasteiger partial charge in [-0.15, -0.1) is 11.7 Å². The predicted octanol–water partition coefficient (Wildman–Crippen LogP) is 2.91. The van der Waals surface area contributed by atoms with E-state index in [2.05, 4.69) is 41.0 Å². The highest BCUT2D eigenvalue weighted by molar-refractivity contribution is 8.68. The monoisotopic (exact) mass is 347 g/mol. The first-order valence-electron chi connectivity index (χ1n) is 8.63. The van der Waals surface area contributed by atoms with Crippen molar-refractivity contribution in [2.45, 2.75) is 58.4 Å². The fourth-order valence-electron chi connectivity index (χ4n) is 2.63. The Kier molecular flexibility index (Phi) is 11.4. The van der Waals surface area contributed by atoms with Crippen LogP contribution in [0.15, 0.2) is 0 Å². The number of hydrogen-bond acceptors (Lipinski definition) is 5. The molecule has 0 aromatic heterocycles. The van der Waals surface area contributed by atoms with Crippen LogP contribution in [-0.2, 0) is 4.79 Å². The molecule has 0 aliphatic carbocycles. The van der Waals surface area contributed by atoms with Gasteiger partial charge in [0.2, 0.25) is 5.91 Å². The molecule has 22 heavy (non-hydrogen) atoms. The summed E-state index contributed by atoms with van der Waals surface area (Å²) in [5, 5.41) is 6.51. The van der Waals surface area contributed by atoms with Gasteiger partial charge in [-0.3, -0.25) is 9.69 Å². The van der Waals surface area contributed by atoms with E-state index in [0.29, 0.717) is 6.04 Å². The molecule has 0 bridgehead atoms. The van der Waals surface area contributed by atoms with Gasteiger partial charge in [-0.2, -0.15) is 0 Å². The summed E-state index contributed by atoms with van der Waals surface area (Å²) < 4.78 is 0. The van der Waals surface area contributed by atoms with Crippen molar-refractivity contribution in [3.05, 3.63) is 0 Å². The van der Waals surface area contributed by atoms with Gasteiger partial charge in [0.25, 0.3) is 0 Å². The molecule has 1 heterocycles. The van der Waals surface area contributed by atoms with Crippen LogP contribution in [0, 0.1) is 5.92 Å². The Hall–Kier alpha value is 0.0900. The minimum atomic E-state index is 0.203. The second kappa shape index (κ2) is 12.5. The number of nitrogens with one attached hydrogen (secondary N) is 2. The highest BCUT2D eigenvalue weighted by Gasteiger charge is 2.31. The summed E-state index contributed by atoms with van der Waals surface area (Å²) >= 11 is 4.12. The van der Waals surface area contributed by atoms with Crippen molar-refractivity contribution < 1.29 is 4.79 Å². The van der Waals surface area contributed by atoms with Crippen molar-refractivity contribution in [2.75, 3.05) is 32.1 Å². The molecular formula is C16H33N3OS2. The SMILES string of the molecule is CC(C)NCCCCCCCCNC(=O)C1CN(CSS)C1. The van der Waals surface area contributed by atoms with Crippen molar-refractivity contribution in [1.82, 2.24) is 15.5 Å². The maximum Gasteiger partial charge on any atom is 0.225 e. The summed E-state index contributed by atoms with van der Waals surface area (Å²) in [7, 11) is 1.52. The number of rotatable bonds is 13. The predicted molar refractivity (Wildman–Crippen MR) is 100 cm³/mol. The molecule has 0 saturated carbocycles. The average Bonchev–Trinajstić information content (AvgIpc) is 2.43. The molecule has 2 N–H and O–H groups in total. The minimum absolute atomic E-state index is 0.203. The van der Waals surface area contributed by atoms with E-state index in [1.807, 2.05) is 0 Å². The van der Waals surface area contributed by atoms with E-state index in [1.54, 1.807) is 0 Å². The zero-order valence-electron chi connectivity index (χ0n) is 14.1. The third-order valence-corrected chi connectivity index (χ3v) is 4.85. The number of likely N-dealkylation sites (tertiary alicyclic amines) is 1. The van der Waals surface area contributed by atoms with Crippen molar-refractivity contribution in [3.8, 4) is 0 Å². The lowest BCUT2D eigenvalue weighted by Crippen LogP contribution is -2.53. The van der Waals surface area contributed by atoms with Crippen molar-refractivity contribution in [1.29, 1.82) is 0 Å². The second-order valence-corrected chi connectivity index (χ2v) is 7.80. The van der Waals surface area contributed by atoms with E-state index >= 15 is 0 Å². The Morgan fingerprint density at radius 1 is 1.14 bits per heavy atom. The quantitative estimate of drug-likeness (QED) is 0.272. The summed E-state index contributed by atoms with van der Waals surface area (Å²) in [6, 6.07) is 0.600. The number of amides is 1. The molecule has 1 fully saturated rings. The van der Waals surface area contributed by atoms with Crippen LogP contribution in [-0.4, -0.2) is 48.9 Å². The number of nitrogens with zero attached hydrogens (tertiary/aromatic N) is 1. The maximum absolute atomic E-state index is 11.9. The van der Waals surface area contributed by atoms with Gasteiger partial charge < -0.3 is 10.6 Å². The molecule has 0 unspecified atom stereocenters. The number of carbonyl (C=O) groups is 1. The Balaban J connectivity index is 1.81. The molecule has 0 radical (unpaired) electrons. The first-order chi connectivity index (χ1) is 10.6. The van der Waals surface area contributed by atoms with Crippen LogP contribution in [0.3, 0.4) is 0 Å². The largest absolute Gasteiger partial charge is 0.356 e. The molecule has 1 rings (SSSR count). The highest BCUT2D eigenvalue weighted by atomic mass is 33.1. The van der Waals surface area contributed by atoms with Crippen LogP contribution in [0.4, 0.5) is 0 Å². The third kappa shape index (κ3) is 9.28. The molecule has 0 aromatic rings. The van der Waals surface area contributed by atoms with Crippen LogP contribution in [0.2, 0.25) is 0 Å². The number of thiol groups is 1. The molecule has 1 saturated heterocycles. The molecule has 0 aromatic carbocycles. The van der Waals surface area contributed by atoms with Crippen molar-refractivity contribution in [3.63, 3.8) is 0 Å².